The Morgan fingerprint density at radius 1 is 0.872 bits per heavy atom. The van der Waals surface area contributed by atoms with Crippen molar-refractivity contribution in [3.05, 3.63) is 59.7 Å². The zero-order valence-electron chi connectivity index (χ0n) is 23.2. The van der Waals surface area contributed by atoms with E-state index in [1.807, 2.05) is 25.1 Å². The quantitative estimate of drug-likeness (QED) is 0.0506. The summed E-state index contributed by atoms with van der Waals surface area (Å²) in [6.45, 7) is 8.71. The Labute approximate surface area is 232 Å². The molecule has 0 atom stereocenters. The molecule has 0 amide bonds. The summed E-state index contributed by atoms with van der Waals surface area (Å²) in [6.07, 6.45) is 11.7. The molecule has 2 N–H and O–H groups in total. The van der Waals surface area contributed by atoms with E-state index < -0.39 is 0 Å². The van der Waals surface area contributed by atoms with Crippen LogP contribution in [0.5, 0.6) is 23.0 Å². The number of unbranched alkanes of at least 4 members (excludes halogenated alkanes) is 8. The number of hydrogen-bond acceptors (Lipinski definition) is 7. The van der Waals surface area contributed by atoms with E-state index in [1.54, 1.807) is 19.1 Å². The minimum atomic E-state index is -0.305. The zero-order chi connectivity index (χ0) is 28.5. The Bertz CT molecular complexity index is 1150. The van der Waals surface area contributed by atoms with Gasteiger partial charge < -0.3 is 24.4 Å². The fourth-order valence-corrected chi connectivity index (χ4v) is 3.95. The van der Waals surface area contributed by atoms with Crippen molar-refractivity contribution in [2.24, 2.45) is 0 Å². The standard InChI is InChI=1S/C32H41NO6/c1-4-37-31-21-25(20-27(23-33)26-15-16-28(34)29(35)22-26)14-17-30(31)38-18-12-10-8-6-5-7-9-11-13-19-39-32(36)24(2)3/h14-17,20-22,34-35H,2,4-13,18-19H2,1,3H3/b27-20+. The van der Waals surface area contributed by atoms with Crippen molar-refractivity contribution >= 4 is 17.6 Å². The normalized spacial score (nSPS) is 11.1. The third-order valence-electron chi connectivity index (χ3n) is 6.11. The van der Waals surface area contributed by atoms with Crippen molar-refractivity contribution in [1.29, 1.82) is 5.26 Å². The number of phenols is 2. The van der Waals surface area contributed by atoms with Gasteiger partial charge >= 0.3 is 5.97 Å². The van der Waals surface area contributed by atoms with Gasteiger partial charge in [-0.15, -0.1) is 0 Å². The van der Waals surface area contributed by atoms with Crippen LogP contribution < -0.4 is 9.47 Å². The molecule has 7 heteroatoms. The molecule has 0 saturated carbocycles. The van der Waals surface area contributed by atoms with Crippen LogP contribution in [0.3, 0.4) is 0 Å². The molecule has 0 bridgehead atoms. The number of esters is 1. The molecule has 7 nitrogen and oxygen atoms in total. The number of carbonyl (C=O) groups is 1. The first-order valence-corrected chi connectivity index (χ1v) is 13.7. The van der Waals surface area contributed by atoms with Crippen LogP contribution in [-0.4, -0.2) is 36.0 Å². The SMILES string of the molecule is C=C(C)C(=O)OCCCCCCCCCCCOc1ccc(/C=C(\C#N)c2ccc(O)c(O)c2)cc1OCC. The lowest BCUT2D eigenvalue weighted by atomic mass is 10.0. The first-order valence-electron chi connectivity index (χ1n) is 13.7. The Morgan fingerprint density at radius 2 is 1.51 bits per heavy atom. The van der Waals surface area contributed by atoms with E-state index in [1.165, 1.54) is 37.8 Å². The van der Waals surface area contributed by atoms with Crippen LogP contribution in [0.15, 0.2) is 48.6 Å². The van der Waals surface area contributed by atoms with Crippen molar-refractivity contribution in [1.82, 2.24) is 0 Å². The molecule has 0 radical (unpaired) electrons. The van der Waals surface area contributed by atoms with Gasteiger partial charge in [-0.05, 0) is 74.2 Å². The monoisotopic (exact) mass is 535 g/mol. The average Bonchev–Trinajstić information content (AvgIpc) is 2.92. The molecule has 39 heavy (non-hydrogen) atoms. The van der Waals surface area contributed by atoms with E-state index in [0.717, 1.165) is 37.7 Å². The summed E-state index contributed by atoms with van der Waals surface area (Å²) in [5.74, 6) is 0.475. The topological polar surface area (TPSA) is 109 Å². The molecule has 0 aliphatic carbocycles. The highest BCUT2D eigenvalue weighted by Crippen LogP contribution is 2.32. The number of phenolic OH excluding ortho intramolecular Hbond substituents is 2. The third kappa shape index (κ3) is 11.6. The Hall–Kier alpha value is -3.92. The molecule has 0 heterocycles. The molecule has 0 aliphatic rings. The van der Waals surface area contributed by atoms with E-state index in [2.05, 4.69) is 12.6 Å². The van der Waals surface area contributed by atoms with Crippen LogP contribution in [0.2, 0.25) is 0 Å². The van der Waals surface area contributed by atoms with Gasteiger partial charge in [-0.1, -0.05) is 57.6 Å². The van der Waals surface area contributed by atoms with Gasteiger partial charge in [0, 0.05) is 5.57 Å². The van der Waals surface area contributed by atoms with Crippen LogP contribution in [-0.2, 0) is 9.53 Å². The molecular formula is C32H41NO6. The van der Waals surface area contributed by atoms with Crippen molar-refractivity contribution in [3.8, 4) is 29.1 Å². The van der Waals surface area contributed by atoms with Gasteiger partial charge in [-0.3, -0.25) is 0 Å². The first-order chi connectivity index (χ1) is 18.8. The summed E-state index contributed by atoms with van der Waals surface area (Å²) >= 11 is 0. The molecule has 0 aliphatic heterocycles. The van der Waals surface area contributed by atoms with Crippen LogP contribution in [0, 0.1) is 11.3 Å². The molecule has 2 aromatic carbocycles. The molecule has 210 valence electrons. The number of rotatable bonds is 18. The summed E-state index contributed by atoms with van der Waals surface area (Å²) in [5.41, 5.74) is 2.07. The van der Waals surface area contributed by atoms with E-state index in [-0.39, 0.29) is 17.5 Å². The number of aromatic hydroxyl groups is 2. The van der Waals surface area contributed by atoms with Gasteiger partial charge in [0.25, 0.3) is 0 Å². The Morgan fingerprint density at radius 3 is 2.10 bits per heavy atom. The molecule has 2 rings (SSSR count). The van der Waals surface area contributed by atoms with Gasteiger partial charge in [-0.25, -0.2) is 4.79 Å². The minimum absolute atomic E-state index is 0.233. The lowest BCUT2D eigenvalue weighted by Gasteiger charge is -2.13. The van der Waals surface area contributed by atoms with E-state index in [4.69, 9.17) is 14.2 Å². The van der Waals surface area contributed by atoms with Crippen LogP contribution >= 0.6 is 0 Å². The van der Waals surface area contributed by atoms with Gasteiger partial charge in [0.2, 0.25) is 0 Å². The second kappa shape index (κ2) is 17.6. The highest BCUT2D eigenvalue weighted by atomic mass is 16.5. The number of nitrogens with zero attached hydrogens (tertiary/aromatic N) is 1. The number of allylic oxidation sites excluding steroid dienone is 1. The van der Waals surface area contributed by atoms with Crippen molar-refractivity contribution in [2.45, 2.75) is 71.6 Å². The summed E-state index contributed by atoms with van der Waals surface area (Å²) in [4.78, 5) is 11.3. The van der Waals surface area contributed by atoms with E-state index >= 15 is 0 Å². The van der Waals surface area contributed by atoms with Crippen molar-refractivity contribution in [2.75, 3.05) is 19.8 Å². The maximum Gasteiger partial charge on any atom is 0.333 e. The van der Waals surface area contributed by atoms with Gasteiger partial charge in [0.05, 0.1) is 31.5 Å². The maximum absolute atomic E-state index is 11.3. The Kier molecular flexibility index (Phi) is 14.1. The summed E-state index contributed by atoms with van der Waals surface area (Å²) < 4.78 is 16.9. The molecule has 0 aromatic heterocycles. The molecule has 0 spiro atoms. The highest BCUT2D eigenvalue weighted by Gasteiger charge is 2.09. The first kappa shape index (κ1) is 31.3. The second-order valence-corrected chi connectivity index (χ2v) is 9.46. The molecule has 2 aromatic rings. The molecule has 0 fully saturated rings. The molecule has 0 unspecified atom stereocenters. The van der Waals surface area contributed by atoms with Crippen LogP contribution in [0.1, 0.15) is 82.8 Å². The largest absolute Gasteiger partial charge is 0.504 e. The average molecular weight is 536 g/mol. The second-order valence-electron chi connectivity index (χ2n) is 9.46. The zero-order valence-corrected chi connectivity index (χ0v) is 23.2. The predicted molar refractivity (Wildman–Crippen MR) is 154 cm³/mol. The lowest BCUT2D eigenvalue weighted by molar-refractivity contribution is -0.139. The third-order valence-corrected chi connectivity index (χ3v) is 6.11. The number of carbonyl (C=O) groups excluding carboxylic acids is 1. The molecule has 0 saturated heterocycles. The maximum atomic E-state index is 11.3. The fourth-order valence-electron chi connectivity index (χ4n) is 3.95. The fraction of sp³-hybridized carbons (Fsp3) is 0.438. The van der Waals surface area contributed by atoms with Gasteiger partial charge in [0.15, 0.2) is 23.0 Å². The number of ether oxygens (including phenoxy) is 3. The predicted octanol–water partition coefficient (Wildman–Crippen LogP) is 7.57. The summed E-state index contributed by atoms with van der Waals surface area (Å²) in [5, 5.41) is 28.9. The molecular weight excluding hydrogens is 494 g/mol. The number of benzene rings is 2. The number of nitriles is 1. The van der Waals surface area contributed by atoms with Gasteiger partial charge in [0.1, 0.15) is 0 Å². The smallest absolute Gasteiger partial charge is 0.333 e. The summed E-state index contributed by atoms with van der Waals surface area (Å²) in [7, 11) is 0. The van der Waals surface area contributed by atoms with Gasteiger partial charge in [-0.2, -0.15) is 5.26 Å². The van der Waals surface area contributed by atoms with Crippen LogP contribution in [0.4, 0.5) is 0 Å². The lowest BCUT2D eigenvalue weighted by Crippen LogP contribution is -2.05. The van der Waals surface area contributed by atoms with E-state index in [0.29, 0.717) is 48.0 Å². The van der Waals surface area contributed by atoms with E-state index in [9.17, 15) is 20.3 Å². The Balaban J connectivity index is 1.71. The minimum Gasteiger partial charge on any atom is -0.504 e. The number of hydrogen-bond donors (Lipinski definition) is 2. The van der Waals surface area contributed by atoms with Crippen molar-refractivity contribution < 1.29 is 29.2 Å². The van der Waals surface area contributed by atoms with Crippen molar-refractivity contribution in [3.63, 3.8) is 0 Å². The highest BCUT2D eigenvalue weighted by molar-refractivity contribution is 5.90. The van der Waals surface area contributed by atoms with Crippen LogP contribution in [0.25, 0.3) is 11.6 Å². The summed E-state index contributed by atoms with van der Waals surface area (Å²) in [6, 6.07) is 12.0.